The van der Waals surface area contributed by atoms with E-state index in [9.17, 15) is 4.79 Å². The summed E-state index contributed by atoms with van der Waals surface area (Å²) in [7, 11) is 1.59. The van der Waals surface area contributed by atoms with Crippen molar-refractivity contribution >= 4 is 5.91 Å². The molecular weight excluding hydrogens is 468 g/mol. The minimum Gasteiger partial charge on any atom is -0.493 e. The lowest BCUT2D eigenvalue weighted by Gasteiger charge is -2.13. The molecule has 8 heteroatoms. The topological polar surface area (TPSA) is 91.4 Å². The van der Waals surface area contributed by atoms with Crippen LogP contribution in [0.2, 0.25) is 0 Å². The first kappa shape index (κ1) is 23.9. The van der Waals surface area contributed by atoms with Crippen LogP contribution in [0, 0.1) is 6.92 Å². The number of benzene rings is 2. The third kappa shape index (κ3) is 5.54. The van der Waals surface area contributed by atoms with E-state index in [1.807, 2.05) is 79.7 Å². The fourth-order valence-corrected chi connectivity index (χ4v) is 3.86. The number of para-hydroxylation sites is 1. The highest BCUT2D eigenvalue weighted by Gasteiger charge is 2.21. The van der Waals surface area contributed by atoms with Gasteiger partial charge >= 0.3 is 0 Å². The van der Waals surface area contributed by atoms with E-state index in [0.717, 1.165) is 22.6 Å². The highest BCUT2D eigenvalue weighted by Crippen LogP contribution is 2.29. The molecule has 1 amide bonds. The van der Waals surface area contributed by atoms with Crippen molar-refractivity contribution in [1.82, 2.24) is 20.1 Å². The third-order valence-corrected chi connectivity index (χ3v) is 5.78. The number of hydrogen-bond donors (Lipinski definition) is 1. The zero-order valence-electron chi connectivity index (χ0n) is 20.5. The van der Waals surface area contributed by atoms with E-state index in [4.69, 9.17) is 13.9 Å². The zero-order valence-corrected chi connectivity index (χ0v) is 20.5. The molecule has 3 aromatic heterocycles. The summed E-state index contributed by atoms with van der Waals surface area (Å²) in [6, 6.07) is 22.7. The van der Waals surface area contributed by atoms with E-state index in [0.29, 0.717) is 41.7 Å². The Morgan fingerprint density at radius 2 is 1.78 bits per heavy atom. The second-order valence-electron chi connectivity index (χ2n) is 8.39. The Labute approximate surface area is 214 Å². The van der Waals surface area contributed by atoms with Crippen LogP contribution in [-0.2, 0) is 13.2 Å². The first-order valence-electron chi connectivity index (χ1n) is 11.8. The molecule has 5 rings (SSSR count). The van der Waals surface area contributed by atoms with Gasteiger partial charge in [-0.25, -0.2) is 4.68 Å². The Balaban J connectivity index is 1.32. The summed E-state index contributed by atoms with van der Waals surface area (Å²) in [6.45, 7) is 2.55. The summed E-state index contributed by atoms with van der Waals surface area (Å²) in [5.74, 6) is 2.23. The Morgan fingerprint density at radius 3 is 2.51 bits per heavy atom. The fourth-order valence-electron chi connectivity index (χ4n) is 3.86. The summed E-state index contributed by atoms with van der Waals surface area (Å²) in [4.78, 5) is 17.3. The van der Waals surface area contributed by atoms with Crippen LogP contribution < -0.4 is 14.8 Å². The van der Waals surface area contributed by atoms with Crippen LogP contribution in [-0.4, -0.2) is 27.8 Å². The van der Waals surface area contributed by atoms with Crippen molar-refractivity contribution in [2.45, 2.75) is 20.1 Å². The van der Waals surface area contributed by atoms with Gasteiger partial charge in [0.15, 0.2) is 17.3 Å². The maximum absolute atomic E-state index is 13.3. The lowest BCUT2D eigenvalue weighted by Crippen LogP contribution is -2.23. The molecule has 0 spiro atoms. The smallest absolute Gasteiger partial charge is 0.255 e. The predicted molar refractivity (Wildman–Crippen MR) is 139 cm³/mol. The number of furan rings is 1. The number of nitrogens with one attached hydrogen (secondary N) is 1. The molecule has 37 heavy (non-hydrogen) atoms. The van der Waals surface area contributed by atoms with Gasteiger partial charge in [0.2, 0.25) is 0 Å². The maximum atomic E-state index is 13.3. The first-order valence-corrected chi connectivity index (χ1v) is 11.8. The first-order chi connectivity index (χ1) is 18.1. The molecule has 0 fully saturated rings. The van der Waals surface area contributed by atoms with Gasteiger partial charge in [-0.05, 0) is 66.6 Å². The van der Waals surface area contributed by atoms with Gasteiger partial charge in [0, 0.05) is 25.1 Å². The molecule has 0 aliphatic carbocycles. The van der Waals surface area contributed by atoms with E-state index in [-0.39, 0.29) is 5.91 Å². The number of ether oxygens (including phenoxy) is 2. The van der Waals surface area contributed by atoms with Gasteiger partial charge in [-0.3, -0.25) is 9.78 Å². The number of carbonyl (C=O) groups is 1. The number of hydrogen-bond acceptors (Lipinski definition) is 6. The van der Waals surface area contributed by atoms with Crippen molar-refractivity contribution in [3.05, 3.63) is 114 Å². The van der Waals surface area contributed by atoms with E-state index in [1.165, 1.54) is 0 Å². The third-order valence-electron chi connectivity index (χ3n) is 5.78. The van der Waals surface area contributed by atoms with Gasteiger partial charge in [0.1, 0.15) is 18.1 Å². The summed E-state index contributed by atoms with van der Waals surface area (Å²) >= 11 is 0. The molecule has 8 nitrogen and oxygen atoms in total. The van der Waals surface area contributed by atoms with Gasteiger partial charge in [-0.2, -0.15) is 5.10 Å². The number of rotatable bonds is 9. The fraction of sp³-hybridized carbons (Fsp3) is 0.138. The van der Waals surface area contributed by atoms with E-state index in [2.05, 4.69) is 15.4 Å². The molecule has 186 valence electrons. The second kappa shape index (κ2) is 10.8. The van der Waals surface area contributed by atoms with Gasteiger partial charge in [-0.1, -0.05) is 24.3 Å². The Kier molecular flexibility index (Phi) is 6.98. The average Bonchev–Trinajstić information content (AvgIpc) is 3.58. The Bertz CT molecular complexity index is 1490. The average molecular weight is 495 g/mol. The summed E-state index contributed by atoms with van der Waals surface area (Å²) in [6.07, 6.45) is 5.17. The number of nitrogens with zero attached hydrogens (tertiary/aromatic N) is 3. The van der Waals surface area contributed by atoms with E-state index >= 15 is 0 Å². The molecular formula is C29H26N4O4. The second-order valence-corrected chi connectivity index (χ2v) is 8.39. The Morgan fingerprint density at radius 1 is 0.973 bits per heavy atom. The molecule has 0 aliphatic rings. The summed E-state index contributed by atoms with van der Waals surface area (Å²) in [5.41, 5.74) is 3.62. The summed E-state index contributed by atoms with van der Waals surface area (Å²) < 4.78 is 18.9. The van der Waals surface area contributed by atoms with Crippen molar-refractivity contribution in [1.29, 1.82) is 0 Å². The quantitative estimate of drug-likeness (QED) is 0.297. The number of amides is 1. The standard InChI is InChI=1S/C29H26N4O4/c1-20-8-10-26(37-20)28-24(18-33(32-28)23-6-4-3-5-7-23)29(34)31-17-22-9-11-25(27(16-22)35-2)36-19-21-12-14-30-15-13-21/h3-16,18H,17,19H2,1-2H3,(H,31,34). The lowest BCUT2D eigenvalue weighted by molar-refractivity contribution is 0.0951. The van der Waals surface area contributed by atoms with Crippen LogP contribution in [0.1, 0.15) is 27.2 Å². The minimum atomic E-state index is -0.261. The molecule has 0 saturated heterocycles. The van der Waals surface area contributed by atoms with Crippen LogP contribution in [0.25, 0.3) is 17.1 Å². The van der Waals surface area contributed by atoms with Crippen LogP contribution >= 0.6 is 0 Å². The zero-order chi connectivity index (χ0) is 25.6. The van der Waals surface area contributed by atoms with E-state index < -0.39 is 0 Å². The highest BCUT2D eigenvalue weighted by atomic mass is 16.5. The lowest BCUT2D eigenvalue weighted by atomic mass is 10.1. The molecule has 0 unspecified atom stereocenters. The van der Waals surface area contributed by atoms with Gasteiger partial charge in [-0.15, -0.1) is 0 Å². The molecule has 0 bridgehead atoms. The van der Waals surface area contributed by atoms with Gasteiger partial charge in [0.05, 0.1) is 18.4 Å². The maximum Gasteiger partial charge on any atom is 0.255 e. The van der Waals surface area contributed by atoms with Crippen LogP contribution in [0.4, 0.5) is 0 Å². The molecule has 3 heterocycles. The normalized spacial score (nSPS) is 10.8. The van der Waals surface area contributed by atoms with Crippen LogP contribution in [0.5, 0.6) is 11.5 Å². The number of aromatic nitrogens is 3. The van der Waals surface area contributed by atoms with E-state index in [1.54, 1.807) is 30.4 Å². The van der Waals surface area contributed by atoms with Crippen molar-refractivity contribution in [3.8, 4) is 28.6 Å². The highest BCUT2D eigenvalue weighted by molar-refractivity contribution is 5.99. The van der Waals surface area contributed by atoms with Crippen molar-refractivity contribution < 1.29 is 18.7 Å². The monoisotopic (exact) mass is 494 g/mol. The SMILES string of the molecule is COc1cc(CNC(=O)c2cn(-c3ccccc3)nc2-c2ccc(C)o2)ccc1OCc1ccncc1. The van der Waals surface area contributed by atoms with Gasteiger partial charge in [0.25, 0.3) is 5.91 Å². The number of aryl methyl sites for hydroxylation is 1. The van der Waals surface area contributed by atoms with Crippen LogP contribution in [0.15, 0.2) is 95.8 Å². The van der Waals surface area contributed by atoms with Crippen molar-refractivity contribution in [2.24, 2.45) is 0 Å². The minimum absolute atomic E-state index is 0.261. The van der Waals surface area contributed by atoms with Gasteiger partial charge < -0.3 is 19.2 Å². The number of methoxy groups -OCH3 is 1. The Hall–Kier alpha value is -4.85. The molecule has 2 aromatic carbocycles. The molecule has 0 saturated carbocycles. The largest absolute Gasteiger partial charge is 0.493 e. The molecule has 1 N–H and O–H groups in total. The summed E-state index contributed by atoms with van der Waals surface area (Å²) in [5, 5.41) is 7.63. The number of carbonyl (C=O) groups excluding carboxylic acids is 1. The number of pyridine rings is 1. The van der Waals surface area contributed by atoms with Crippen molar-refractivity contribution in [3.63, 3.8) is 0 Å². The van der Waals surface area contributed by atoms with Crippen molar-refractivity contribution in [2.75, 3.05) is 7.11 Å². The van der Waals surface area contributed by atoms with Crippen LogP contribution in [0.3, 0.4) is 0 Å². The molecule has 5 aromatic rings. The predicted octanol–water partition coefficient (Wildman–Crippen LogP) is 5.35. The molecule has 0 aliphatic heterocycles. The molecule has 0 radical (unpaired) electrons. The molecule has 0 atom stereocenters.